The summed E-state index contributed by atoms with van der Waals surface area (Å²) >= 11 is 0. The van der Waals surface area contributed by atoms with Crippen molar-refractivity contribution in [2.45, 2.75) is 52.1 Å². The lowest BCUT2D eigenvalue weighted by molar-refractivity contribution is 0.100. The minimum Gasteiger partial charge on any atom is -0.474 e. The van der Waals surface area contributed by atoms with E-state index in [2.05, 4.69) is 16.9 Å². The molecule has 0 aromatic carbocycles. The van der Waals surface area contributed by atoms with Gasteiger partial charge in [-0.15, -0.1) is 0 Å². The smallest absolute Gasteiger partial charge is 0.217 e. The van der Waals surface area contributed by atoms with Gasteiger partial charge in [0.05, 0.1) is 0 Å². The monoisotopic (exact) mass is 250 g/mol. The first-order chi connectivity index (χ1) is 8.71. The van der Waals surface area contributed by atoms with Crippen LogP contribution in [0, 0.1) is 12.8 Å². The Morgan fingerprint density at radius 2 is 2.00 bits per heavy atom. The largest absolute Gasteiger partial charge is 0.474 e. The van der Waals surface area contributed by atoms with Crippen LogP contribution in [-0.2, 0) is 6.42 Å². The zero-order chi connectivity index (χ0) is 13.0. The maximum absolute atomic E-state index is 9.11. The van der Waals surface area contributed by atoms with Crippen LogP contribution in [0.2, 0.25) is 0 Å². The van der Waals surface area contributed by atoms with Gasteiger partial charge in [-0.25, -0.2) is 4.98 Å². The van der Waals surface area contributed by atoms with Crippen molar-refractivity contribution in [1.82, 2.24) is 9.97 Å². The highest BCUT2D eigenvalue weighted by Crippen LogP contribution is 2.26. The maximum atomic E-state index is 9.11. The SMILES string of the molecule is CCc1cc(OC2CCC(CO)CC2)nc(C)n1. The third-order valence-electron chi connectivity index (χ3n) is 3.57. The van der Waals surface area contributed by atoms with Gasteiger partial charge in [-0.05, 0) is 44.9 Å². The fourth-order valence-electron chi connectivity index (χ4n) is 2.44. The molecule has 1 fully saturated rings. The van der Waals surface area contributed by atoms with Crippen LogP contribution < -0.4 is 4.74 Å². The van der Waals surface area contributed by atoms with E-state index in [4.69, 9.17) is 9.84 Å². The lowest BCUT2D eigenvalue weighted by atomic mass is 9.88. The fourth-order valence-corrected chi connectivity index (χ4v) is 2.44. The Hall–Kier alpha value is -1.16. The fraction of sp³-hybridized carbons (Fsp3) is 0.714. The molecule has 1 N–H and O–H groups in total. The highest BCUT2D eigenvalue weighted by Gasteiger charge is 2.22. The lowest BCUT2D eigenvalue weighted by Crippen LogP contribution is -2.26. The molecule has 1 heterocycles. The van der Waals surface area contributed by atoms with Crippen LogP contribution in [0.25, 0.3) is 0 Å². The van der Waals surface area contributed by atoms with Crippen molar-refractivity contribution in [3.8, 4) is 5.88 Å². The van der Waals surface area contributed by atoms with Crippen LogP contribution >= 0.6 is 0 Å². The van der Waals surface area contributed by atoms with Crippen molar-refractivity contribution >= 4 is 0 Å². The number of hydrogen-bond acceptors (Lipinski definition) is 4. The predicted octanol–water partition coefficient (Wildman–Crippen LogP) is 2.28. The highest BCUT2D eigenvalue weighted by atomic mass is 16.5. The average molecular weight is 250 g/mol. The van der Waals surface area contributed by atoms with Crippen LogP contribution in [0.15, 0.2) is 6.07 Å². The summed E-state index contributed by atoms with van der Waals surface area (Å²) in [6, 6.07) is 1.94. The first-order valence-electron chi connectivity index (χ1n) is 6.83. The number of aliphatic hydroxyl groups is 1. The summed E-state index contributed by atoms with van der Waals surface area (Å²) in [6.07, 6.45) is 5.26. The van der Waals surface area contributed by atoms with Gasteiger partial charge in [-0.3, -0.25) is 0 Å². The van der Waals surface area contributed by atoms with Gasteiger partial charge in [0, 0.05) is 18.4 Å². The molecule has 0 bridgehead atoms. The van der Waals surface area contributed by atoms with Crippen LogP contribution in [0.1, 0.15) is 44.1 Å². The summed E-state index contributed by atoms with van der Waals surface area (Å²) in [6.45, 7) is 4.28. The molecule has 18 heavy (non-hydrogen) atoms. The molecule has 1 aromatic heterocycles. The summed E-state index contributed by atoms with van der Waals surface area (Å²) in [4.78, 5) is 8.68. The number of aliphatic hydroxyl groups excluding tert-OH is 1. The van der Waals surface area contributed by atoms with E-state index in [9.17, 15) is 0 Å². The van der Waals surface area contributed by atoms with Crippen LogP contribution in [0.3, 0.4) is 0 Å². The summed E-state index contributed by atoms with van der Waals surface area (Å²) < 4.78 is 5.94. The van der Waals surface area contributed by atoms with E-state index in [0.29, 0.717) is 18.4 Å². The van der Waals surface area contributed by atoms with Crippen LogP contribution in [0.4, 0.5) is 0 Å². The number of aryl methyl sites for hydroxylation is 2. The second-order valence-corrected chi connectivity index (χ2v) is 5.04. The minimum absolute atomic E-state index is 0.242. The van der Waals surface area contributed by atoms with E-state index >= 15 is 0 Å². The minimum atomic E-state index is 0.242. The third-order valence-corrected chi connectivity index (χ3v) is 3.57. The van der Waals surface area contributed by atoms with Gasteiger partial charge in [0.1, 0.15) is 11.9 Å². The molecule has 0 unspecified atom stereocenters. The summed E-state index contributed by atoms with van der Waals surface area (Å²) in [5.41, 5.74) is 1.03. The third kappa shape index (κ3) is 3.42. The lowest BCUT2D eigenvalue weighted by Gasteiger charge is -2.27. The molecule has 1 aliphatic rings. The molecule has 0 aliphatic heterocycles. The Morgan fingerprint density at radius 3 is 2.61 bits per heavy atom. The second-order valence-electron chi connectivity index (χ2n) is 5.04. The van der Waals surface area contributed by atoms with Crippen molar-refractivity contribution in [2.75, 3.05) is 6.61 Å². The molecule has 0 amide bonds. The van der Waals surface area contributed by atoms with E-state index < -0.39 is 0 Å². The van der Waals surface area contributed by atoms with Gasteiger partial charge in [0.25, 0.3) is 0 Å². The standard InChI is InChI=1S/C14H22N2O2/c1-3-12-8-14(16-10(2)15-12)18-13-6-4-11(9-17)5-7-13/h8,11,13,17H,3-7,9H2,1-2H3. The predicted molar refractivity (Wildman–Crippen MR) is 69.6 cm³/mol. The average Bonchev–Trinajstić information content (AvgIpc) is 2.39. The van der Waals surface area contributed by atoms with Crippen molar-refractivity contribution in [3.63, 3.8) is 0 Å². The first kappa shape index (κ1) is 13.3. The van der Waals surface area contributed by atoms with Gasteiger partial charge in [0.2, 0.25) is 5.88 Å². The number of aromatic nitrogens is 2. The van der Waals surface area contributed by atoms with E-state index in [1.165, 1.54) is 0 Å². The molecule has 1 saturated carbocycles. The van der Waals surface area contributed by atoms with Gasteiger partial charge in [-0.1, -0.05) is 6.92 Å². The van der Waals surface area contributed by atoms with Gasteiger partial charge in [-0.2, -0.15) is 4.98 Å². The topological polar surface area (TPSA) is 55.2 Å². The molecule has 0 radical (unpaired) electrons. The number of ether oxygens (including phenoxy) is 1. The molecule has 4 nitrogen and oxygen atoms in total. The molecule has 0 saturated heterocycles. The Bertz CT molecular complexity index is 387. The molecule has 2 rings (SSSR count). The zero-order valence-corrected chi connectivity index (χ0v) is 11.2. The number of hydrogen-bond donors (Lipinski definition) is 1. The molecule has 1 aliphatic carbocycles. The van der Waals surface area contributed by atoms with E-state index in [1.807, 2.05) is 13.0 Å². The Morgan fingerprint density at radius 1 is 1.28 bits per heavy atom. The Kier molecular flexibility index (Phi) is 4.53. The van der Waals surface area contributed by atoms with Gasteiger partial charge < -0.3 is 9.84 Å². The van der Waals surface area contributed by atoms with E-state index in [-0.39, 0.29) is 6.10 Å². The maximum Gasteiger partial charge on any atom is 0.217 e. The molecular formula is C14H22N2O2. The van der Waals surface area contributed by atoms with Crippen LogP contribution in [-0.4, -0.2) is 27.8 Å². The molecular weight excluding hydrogens is 228 g/mol. The molecule has 0 spiro atoms. The van der Waals surface area contributed by atoms with E-state index in [0.717, 1.165) is 43.6 Å². The Labute approximate surface area is 108 Å². The van der Waals surface area contributed by atoms with Crippen molar-refractivity contribution < 1.29 is 9.84 Å². The molecule has 100 valence electrons. The summed E-state index contributed by atoms with van der Waals surface area (Å²) in [7, 11) is 0. The molecule has 4 heteroatoms. The second kappa shape index (κ2) is 6.14. The van der Waals surface area contributed by atoms with Crippen LogP contribution in [0.5, 0.6) is 5.88 Å². The zero-order valence-electron chi connectivity index (χ0n) is 11.2. The quantitative estimate of drug-likeness (QED) is 0.890. The number of rotatable bonds is 4. The summed E-state index contributed by atoms with van der Waals surface area (Å²) in [5.74, 6) is 1.93. The van der Waals surface area contributed by atoms with Crippen molar-refractivity contribution in [2.24, 2.45) is 5.92 Å². The van der Waals surface area contributed by atoms with Gasteiger partial charge >= 0.3 is 0 Å². The Balaban J connectivity index is 1.95. The van der Waals surface area contributed by atoms with Crippen molar-refractivity contribution in [3.05, 3.63) is 17.6 Å². The normalized spacial score (nSPS) is 23.9. The molecule has 1 aromatic rings. The van der Waals surface area contributed by atoms with E-state index in [1.54, 1.807) is 0 Å². The number of nitrogens with zero attached hydrogens (tertiary/aromatic N) is 2. The summed E-state index contributed by atoms with van der Waals surface area (Å²) in [5, 5.41) is 9.11. The molecule has 0 atom stereocenters. The van der Waals surface area contributed by atoms with Gasteiger partial charge in [0.15, 0.2) is 0 Å². The highest BCUT2D eigenvalue weighted by molar-refractivity contribution is 5.16. The van der Waals surface area contributed by atoms with Crippen molar-refractivity contribution in [1.29, 1.82) is 0 Å². The first-order valence-corrected chi connectivity index (χ1v) is 6.83.